The molecule has 0 spiro atoms. The molecule has 0 bridgehead atoms. The fourth-order valence-electron chi connectivity index (χ4n) is 7.80. The number of hydrogen-bond acceptors (Lipinski definition) is 1. The van der Waals surface area contributed by atoms with E-state index in [1.807, 2.05) is 0 Å². The Morgan fingerprint density at radius 2 is 0.800 bits per heavy atom. The number of rotatable bonds is 6. The third kappa shape index (κ3) is 5.11. The van der Waals surface area contributed by atoms with Gasteiger partial charge in [0.05, 0.1) is 0 Å². The molecule has 1 aliphatic rings. The van der Waals surface area contributed by atoms with E-state index < -0.39 is 0 Å². The van der Waals surface area contributed by atoms with Crippen molar-refractivity contribution in [3.05, 3.63) is 199 Å². The second kappa shape index (κ2) is 12.1. The summed E-state index contributed by atoms with van der Waals surface area (Å²) >= 11 is 0. The fourth-order valence-corrected chi connectivity index (χ4v) is 7.80. The monoisotopic (exact) mass is 639 g/mol. The SMILES string of the molecule is CC1(C)c2cc(-c3ccc(N(c4ccc(-c5ccccc5)cc4)c4ccc(-c5ccccc5)cc4)cc3)ccc2-c2c1ccc1ccccc21. The van der Waals surface area contributed by atoms with Gasteiger partial charge in [-0.2, -0.15) is 0 Å². The maximum absolute atomic E-state index is 2.42. The molecular weight excluding hydrogens is 603 g/mol. The molecule has 50 heavy (non-hydrogen) atoms. The van der Waals surface area contributed by atoms with E-state index >= 15 is 0 Å². The van der Waals surface area contributed by atoms with Crippen LogP contribution in [0.4, 0.5) is 17.1 Å². The summed E-state index contributed by atoms with van der Waals surface area (Å²) in [6.07, 6.45) is 0. The van der Waals surface area contributed by atoms with Crippen LogP contribution < -0.4 is 4.90 Å². The molecule has 1 heteroatoms. The molecule has 9 rings (SSSR count). The lowest BCUT2D eigenvalue weighted by Crippen LogP contribution is -2.15. The summed E-state index contributed by atoms with van der Waals surface area (Å²) in [4.78, 5) is 2.35. The molecule has 0 amide bonds. The topological polar surface area (TPSA) is 3.24 Å². The van der Waals surface area contributed by atoms with Crippen molar-refractivity contribution in [1.29, 1.82) is 0 Å². The van der Waals surface area contributed by atoms with E-state index in [0.29, 0.717) is 0 Å². The van der Waals surface area contributed by atoms with Gasteiger partial charge in [0.15, 0.2) is 0 Å². The highest BCUT2D eigenvalue weighted by molar-refractivity contribution is 6.02. The molecular formula is C49H37N. The normalized spacial score (nSPS) is 12.8. The Labute approximate surface area is 294 Å². The molecule has 0 atom stereocenters. The fraction of sp³-hybridized carbons (Fsp3) is 0.0612. The van der Waals surface area contributed by atoms with Gasteiger partial charge in [-0.25, -0.2) is 0 Å². The lowest BCUT2D eigenvalue weighted by Gasteiger charge is -2.26. The standard InChI is InChI=1S/C49H37N/c1-49(2)46-32-24-39-15-9-10-16-44(39)48(46)45-31-23-40(33-47(45)49)38-21-29-43(30-22-38)50(41-25-17-36(18-26-41)34-11-5-3-6-12-34)42-27-19-37(20-28-42)35-13-7-4-8-14-35/h3-33H,1-2H3. The van der Waals surface area contributed by atoms with E-state index in [1.165, 1.54) is 66.4 Å². The van der Waals surface area contributed by atoms with Gasteiger partial charge in [0, 0.05) is 22.5 Å². The first-order chi connectivity index (χ1) is 24.5. The highest BCUT2D eigenvalue weighted by atomic mass is 15.1. The van der Waals surface area contributed by atoms with Crippen LogP contribution in [0.25, 0.3) is 55.3 Å². The Hall–Kier alpha value is -6.18. The average Bonchev–Trinajstić information content (AvgIpc) is 3.42. The van der Waals surface area contributed by atoms with Crippen molar-refractivity contribution in [3.63, 3.8) is 0 Å². The molecule has 0 aliphatic heterocycles. The Kier molecular flexibility index (Phi) is 7.21. The predicted molar refractivity (Wildman–Crippen MR) is 213 cm³/mol. The molecule has 0 heterocycles. The van der Waals surface area contributed by atoms with Crippen molar-refractivity contribution in [2.75, 3.05) is 4.90 Å². The predicted octanol–water partition coefficient (Wildman–Crippen LogP) is 13.6. The van der Waals surface area contributed by atoms with E-state index in [4.69, 9.17) is 0 Å². The number of fused-ring (bicyclic) bond motifs is 5. The van der Waals surface area contributed by atoms with Crippen LogP contribution in [0.5, 0.6) is 0 Å². The molecule has 0 radical (unpaired) electrons. The maximum atomic E-state index is 2.42. The highest BCUT2D eigenvalue weighted by Crippen LogP contribution is 2.52. The highest BCUT2D eigenvalue weighted by Gasteiger charge is 2.36. The molecule has 0 fully saturated rings. The van der Waals surface area contributed by atoms with Crippen LogP contribution in [0.2, 0.25) is 0 Å². The second-order valence-electron chi connectivity index (χ2n) is 13.8. The molecule has 0 aromatic heterocycles. The first-order valence-electron chi connectivity index (χ1n) is 17.4. The lowest BCUT2D eigenvalue weighted by atomic mass is 9.81. The summed E-state index contributed by atoms with van der Waals surface area (Å²) < 4.78 is 0. The molecule has 0 saturated carbocycles. The van der Waals surface area contributed by atoms with Gasteiger partial charge in [-0.15, -0.1) is 0 Å². The zero-order valence-electron chi connectivity index (χ0n) is 28.3. The Morgan fingerprint density at radius 1 is 0.360 bits per heavy atom. The van der Waals surface area contributed by atoms with Crippen molar-refractivity contribution in [2.45, 2.75) is 19.3 Å². The minimum absolute atomic E-state index is 0.0702. The van der Waals surface area contributed by atoms with Crippen molar-refractivity contribution in [2.24, 2.45) is 0 Å². The van der Waals surface area contributed by atoms with Gasteiger partial charge in [-0.05, 0) is 109 Å². The number of hydrogen-bond donors (Lipinski definition) is 0. The second-order valence-corrected chi connectivity index (χ2v) is 13.8. The van der Waals surface area contributed by atoms with Crippen LogP contribution in [0.3, 0.4) is 0 Å². The number of anilines is 3. The van der Waals surface area contributed by atoms with Crippen LogP contribution in [0.1, 0.15) is 25.0 Å². The van der Waals surface area contributed by atoms with E-state index in [9.17, 15) is 0 Å². The van der Waals surface area contributed by atoms with Gasteiger partial charge in [0.1, 0.15) is 0 Å². The number of nitrogens with zero attached hydrogens (tertiary/aromatic N) is 1. The molecule has 8 aromatic rings. The van der Waals surface area contributed by atoms with E-state index in [2.05, 4.69) is 207 Å². The first-order valence-corrected chi connectivity index (χ1v) is 17.4. The largest absolute Gasteiger partial charge is 0.311 e. The van der Waals surface area contributed by atoms with Gasteiger partial charge in [-0.3, -0.25) is 0 Å². The molecule has 1 aliphatic carbocycles. The van der Waals surface area contributed by atoms with Gasteiger partial charge < -0.3 is 4.90 Å². The van der Waals surface area contributed by atoms with Crippen molar-refractivity contribution in [3.8, 4) is 44.5 Å². The van der Waals surface area contributed by atoms with Crippen LogP contribution in [0.15, 0.2) is 188 Å². The third-order valence-electron chi connectivity index (χ3n) is 10.5. The summed E-state index contributed by atoms with van der Waals surface area (Å²) in [6.45, 7) is 4.73. The average molecular weight is 640 g/mol. The van der Waals surface area contributed by atoms with Crippen LogP contribution in [-0.2, 0) is 5.41 Å². The summed E-state index contributed by atoms with van der Waals surface area (Å²) in [5.74, 6) is 0. The zero-order chi connectivity index (χ0) is 33.7. The molecule has 0 saturated heterocycles. The lowest BCUT2D eigenvalue weighted by molar-refractivity contribution is 0.661. The van der Waals surface area contributed by atoms with Gasteiger partial charge in [-0.1, -0.05) is 159 Å². The molecule has 238 valence electrons. The summed E-state index contributed by atoms with van der Waals surface area (Å²) in [5, 5.41) is 2.63. The third-order valence-corrected chi connectivity index (χ3v) is 10.5. The summed E-state index contributed by atoms with van der Waals surface area (Å²) in [5.41, 5.74) is 16.1. The van der Waals surface area contributed by atoms with Crippen LogP contribution in [-0.4, -0.2) is 0 Å². The molecule has 0 N–H and O–H groups in total. The van der Waals surface area contributed by atoms with Crippen LogP contribution >= 0.6 is 0 Å². The quantitative estimate of drug-likeness (QED) is 0.175. The summed E-state index contributed by atoms with van der Waals surface area (Å²) in [7, 11) is 0. The maximum Gasteiger partial charge on any atom is 0.0462 e. The number of benzene rings is 8. The molecule has 0 unspecified atom stereocenters. The van der Waals surface area contributed by atoms with Gasteiger partial charge >= 0.3 is 0 Å². The van der Waals surface area contributed by atoms with E-state index in [0.717, 1.165) is 17.1 Å². The van der Waals surface area contributed by atoms with E-state index in [-0.39, 0.29) is 5.41 Å². The Balaban J connectivity index is 1.09. The van der Waals surface area contributed by atoms with Crippen LogP contribution in [0, 0.1) is 0 Å². The smallest absolute Gasteiger partial charge is 0.0462 e. The van der Waals surface area contributed by atoms with E-state index in [1.54, 1.807) is 0 Å². The zero-order valence-corrected chi connectivity index (χ0v) is 28.3. The Morgan fingerprint density at radius 3 is 1.34 bits per heavy atom. The Bertz CT molecular complexity index is 2370. The van der Waals surface area contributed by atoms with Gasteiger partial charge in [0.25, 0.3) is 0 Å². The molecule has 8 aromatic carbocycles. The van der Waals surface area contributed by atoms with Crippen molar-refractivity contribution in [1.82, 2.24) is 0 Å². The summed E-state index contributed by atoms with van der Waals surface area (Å²) in [6, 6.07) is 68.4. The minimum Gasteiger partial charge on any atom is -0.311 e. The van der Waals surface area contributed by atoms with Crippen molar-refractivity contribution >= 4 is 27.8 Å². The van der Waals surface area contributed by atoms with Crippen molar-refractivity contribution < 1.29 is 0 Å². The van der Waals surface area contributed by atoms with Gasteiger partial charge in [0.2, 0.25) is 0 Å². The minimum atomic E-state index is -0.0702. The first kappa shape index (κ1) is 29.9. The molecule has 1 nitrogen and oxygen atoms in total.